The molecule has 0 aromatic heterocycles. The molecule has 6 heteroatoms. The number of β-lactam (4-membered cyclic amide) rings is 1. The van der Waals surface area contributed by atoms with Crippen LogP contribution in [-0.2, 0) is 14.3 Å². The lowest BCUT2D eigenvalue weighted by atomic mass is 9.72. The van der Waals surface area contributed by atoms with Crippen LogP contribution in [0.4, 0.5) is 10.1 Å². The highest BCUT2D eigenvalue weighted by atomic mass is 19.1. The van der Waals surface area contributed by atoms with Crippen molar-refractivity contribution >= 4 is 17.5 Å². The summed E-state index contributed by atoms with van der Waals surface area (Å²) in [7, 11) is 1.54. The Morgan fingerprint density at radius 1 is 1.23 bits per heavy atom. The van der Waals surface area contributed by atoms with Crippen molar-refractivity contribution in [2.45, 2.75) is 50.2 Å². The van der Waals surface area contributed by atoms with Crippen molar-refractivity contribution in [3.8, 4) is 0 Å². The van der Waals surface area contributed by atoms with Crippen LogP contribution in [0.1, 0.15) is 38.5 Å². The largest absolute Gasteiger partial charge is 0.369 e. The van der Waals surface area contributed by atoms with Crippen LogP contribution < -0.4 is 4.90 Å². The zero-order valence-electron chi connectivity index (χ0n) is 15.1. The van der Waals surface area contributed by atoms with Crippen molar-refractivity contribution in [3.63, 3.8) is 0 Å². The average Bonchev–Trinajstić information content (AvgIpc) is 3.17. The molecule has 3 fully saturated rings. The highest BCUT2D eigenvalue weighted by molar-refractivity contribution is 6.07. The fourth-order valence-corrected chi connectivity index (χ4v) is 4.97. The highest BCUT2D eigenvalue weighted by Crippen LogP contribution is 2.46. The van der Waals surface area contributed by atoms with E-state index in [4.69, 9.17) is 4.74 Å². The Morgan fingerprint density at radius 2 is 1.92 bits per heavy atom. The van der Waals surface area contributed by atoms with Crippen LogP contribution in [0.25, 0.3) is 0 Å². The number of rotatable bonds is 3. The second-order valence-electron chi connectivity index (χ2n) is 7.68. The van der Waals surface area contributed by atoms with Gasteiger partial charge in [-0.15, -0.1) is 0 Å². The normalized spacial score (nSPS) is 25.6. The second kappa shape index (κ2) is 6.65. The number of likely N-dealkylation sites (tertiary alicyclic amines) is 1. The highest BCUT2D eigenvalue weighted by Gasteiger charge is 2.62. The predicted molar refractivity (Wildman–Crippen MR) is 95.2 cm³/mol. The minimum Gasteiger partial charge on any atom is -0.369 e. The first-order chi connectivity index (χ1) is 12.6. The van der Waals surface area contributed by atoms with E-state index >= 15 is 0 Å². The lowest BCUT2D eigenvalue weighted by molar-refractivity contribution is -0.153. The lowest BCUT2D eigenvalue weighted by Gasteiger charge is -2.59. The number of hydrogen-bond acceptors (Lipinski definition) is 3. The molecule has 1 aliphatic carbocycles. The van der Waals surface area contributed by atoms with Gasteiger partial charge >= 0.3 is 0 Å². The number of ether oxygens (including phenoxy) is 1. The monoisotopic (exact) mass is 360 g/mol. The topological polar surface area (TPSA) is 49.9 Å². The van der Waals surface area contributed by atoms with Gasteiger partial charge in [-0.3, -0.25) is 9.59 Å². The van der Waals surface area contributed by atoms with E-state index in [1.54, 1.807) is 24.1 Å². The Morgan fingerprint density at radius 3 is 2.54 bits per heavy atom. The molecule has 0 radical (unpaired) electrons. The van der Waals surface area contributed by atoms with Crippen molar-refractivity contribution in [3.05, 3.63) is 30.1 Å². The Bertz CT molecular complexity index is 709. The standard InChI is InChI=1S/C20H25FN2O3/c1-26-17-19(25)23(16-8-4-7-15(21)13-16)20(17)9-11-22(12-10-20)18(24)14-5-2-3-6-14/h4,7-8,13-14,17H,2-3,5-6,9-12H2,1H3. The second-order valence-corrected chi connectivity index (χ2v) is 7.68. The summed E-state index contributed by atoms with van der Waals surface area (Å²) in [6.07, 6.45) is 5.07. The van der Waals surface area contributed by atoms with Gasteiger partial charge < -0.3 is 14.5 Å². The summed E-state index contributed by atoms with van der Waals surface area (Å²) < 4.78 is 19.1. The summed E-state index contributed by atoms with van der Waals surface area (Å²) >= 11 is 0. The van der Waals surface area contributed by atoms with Gasteiger partial charge in [-0.05, 0) is 43.9 Å². The lowest BCUT2D eigenvalue weighted by Crippen LogP contribution is -2.78. The van der Waals surface area contributed by atoms with Gasteiger partial charge in [0.1, 0.15) is 5.82 Å². The molecule has 0 bridgehead atoms. The molecule has 26 heavy (non-hydrogen) atoms. The number of amides is 2. The first-order valence-corrected chi connectivity index (χ1v) is 9.48. The van der Waals surface area contributed by atoms with Gasteiger partial charge in [0.15, 0.2) is 6.10 Å². The number of carbonyl (C=O) groups excluding carboxylic acids is 2. The van der Waals surface area contributed by atoms with Crippen molar-refractivity contribution in [1.82, 2.24) is 4.90 Å². The zero-order valence-corrected chi connectivity index (χ0v) is 15.1. The third kappa shape index (κ3) is 2.62. The van der Waals surface area contributed by atoms with E-state index in [9.17, 15) is 14.0 Å². The number of halogens is 1. The Hall–Kier alpha value is -1.95. The number of methoxy groups -OCH3 is 1. The number of benzene rings is 1. The van der Waals surface area contributed by atoms with Crippen molar-refractivity contribution in [2.75, 3.05) is 25.1 Å². The van der Waals surface area contributed by atoms with Crippen LogP contribution in [0.15, 0.2) is 24.3 Å². The van der Waals surface area contributed by atoms with Gasteiger partial charge in [0.05, 0.1) is 5.54 Å². The van der Waals surface area contributed by atoms with Crippen LogP contribution in [0.5, 0.6) is 0 Å². The van der Waals surface area contributed by atoms with E-state index in [-0.39, 0.29) is 23.5 Å². The van der Waals surface area contributed by atoms with Crippen LogP contribution in [0.2, 0.25) is 0 Å². The summed E-state index contributed by atoms with van der Waals surface area (Å²) in [6.45, 7) is 1.24. The quantitative estimate of drug-likeness (QED) is 0.779. The molecule has 3 aliphatic rings. The van der Waals surface area contributed by atoms with E-state index < -0.39 is 11.6 Å². The van der Waals surface area contributed by atoms with Gasteiger partial charge in [0, 0.05) is 31.8 Å². The van der Waals surface area contributed by atoms with Crippen LogP contribution >= 0.6 is 0 Å². The fraction of sp³-hybridized carbons (Fsp3) is 0.600. The maximum absolute atomic E-state index is 13.7. The fourth-order valence-electron chi connectivity index (χ4n) is 4.97. The van der Waals surface area contributed by atoms with E-state index in [0.29, 0.717) is 31.6 Å². The van der Waals surface area contributed by atoms with Crippen molar-refractivity contribution < 1.29 is 18.7 Å². The average molecular weight is 360 g/mol. The number of anilines is 1. The Kier molecular flexibility index (Phi) is 4.47. The van der Waals surface area contributed by atoms with Gasteiger partial charge in [0.2, 0.25) is 5.91 Å². The molecule has 1 aromatic rings. The maximum Gasteiger partial charge on any atom is 0.259 e. The maximum atomic E-state index is 13.7. The van der Waals surface area contributed by atoms with Gasteiger partial charge in [-0.2, -0.15) is 0 Å². The van der Waals surface area contributed by atoms with Crippen molar-refractivity contribution in [2.24, 2.45) is 5.92 Å². The van der Waals surface area contributed by atoms with Gasteiger partial charge in [0.25, 0.3) is 5.91 Å². The molecule has 1 saturated carbocycles. The molecular weight excluding hydrogens is 335 g/mol. The molecule has 2 heterocycles. The summed E-state index contributed by atoms with van der Waals surface area (Å²) in [4.78, 5) is 28.9. The van der Waals surface area contributed by atoms with Crippen LogP contribution in [-0.4, -0.2) is 48.6 Å². The molecule has 4 rings (SSSR count). The Labute approximate surface area is 153 Å². The number of hydrogen-bond donors (Lipinski definition) is 0. The Balaban J connectivity index is 1.52. The number of piperidine rings is 1. The molecule has 1 aromatic carbocycles. The van der Waals surface area contributed by atoms with E-state index in [1.807, 2.05) is 4.90 Å². The van der Waals surface area contributed by atoms with Gasteiger partial charge in [-0.1, -0.05) is 18.9 Å². The number of carbonyl (C=O) groups is 2. The molecule has 1 unspecified atom stereocenters. The third-order valence-corrected chi connectivity index (χ3v) is 6.33. The summed E-state index contributed by atoms with van der Waals surface area (Å²) in [5, 5.41) is 0. The molecule has 2 saturated heterocycles. The molecule has 140 valence electrons. The molecule has 2 amide bonds. The molecule has 1 atom stereocenters. The smallest absolute Gasteiger partial charge is 0.259 e. The minimum absolute atomic E-state index is 0.131. The van der Waals surface area contributed by atoms with Crippen LogP contribution in [0, 0.1) is 11.7 Å². The summed E-state index contributed by atoms with van der Waals surface area (Å²) in [5.74, 6) is -0.0623. The summed E-state index contributed by atoms with van der Waals surface area (Å²) in [6, 6.07) is 6.13. The molecule has 5 nitrogen and oxygen atoms in total. The molecule has 2 aliphatic heterocycles. The molecule has 1 spiro atoms. The SMILES string of the molecule is COC1C(=O)N(c2cccc(F)c2)C12CCN(C(=O)C1CCCC1)CC2. The summed E-state index contributed by atoms with van der Waals surface area (Å²) in [5.41, 5.74) is 0.0883. The molecular formula is C20H25FN2O3. The molecule has 0 N–H and O–H groups in total. The van der Waals surface area contributed by atoms with E-state index in [2.05, 4.69) is 0 Å². The van der Waals surface area contributed by atoms with E-state index in [0.717, 1.165) is 25.7 Å². The van der Waals surface area contributed by atoms with Crippen molar-refractivity contribution in [1.29, 1.82) is 0 Å². The first kappa shape index (κ1) is 17.5. The third-order valence-electron chi connectivity index (χ3n) is 6.33. The first-order valence-electron chi connectivity index (χ1n) is 9.48. The minimum atomic E-state index is -0.519. The van der Waals surface area contributed by atoms with Crippen LogP contribution in [0.3, 0.4) is 0 Å². The predicted octanol–water partition coefficient (Wildman–Crippen LogP) is 2.74. The van der Waals surface area contributed by atoms with E-state index in [1.165, 1.54) is 12.1 Å². The zero-order chi connectivity index (χ0) is 18.3. The van der Waals surface area contributed by atoms with Gasteiger partial charge in [-0.25, -0.2) is 4.39 Å². The number of nitrogens with zero attached hydrogens (tertiary/aromatic N) is 2.